The first-order valence-electron chi connectivity index (χ1n) is 6.05. The summed E-state index contributed by atoms with van der Waals surface area (Å²) in [6.07, 6.45) is 0. The molecule has 112 valence electrons. The molecule has 0 radical (unpaired) electrons. The van der Waals surface area contributed by atoms with Crippen LogP contribution in [0.1, 0.15) is 11.1 Å². The second-order valence-electron chi connectivity index (χ2n) is 4.70. The Morgan fingerprint density at radius 3 is 2.48 bits per heavy atom. The van der Waals surface area contributed by atoms with Crippen LogP contribution in [0.2, 0.25) is 0 Å². The molecule has 7 heteroatoms. The zero-order chi connectivity index (χ0) is 15.8. The first-order chi connectivity index (χ1) is 9.70. The molecular formula is C14H14BrFN2O2S. The van der Waals surface area contributed by atoms with Crippen LogP contribution in [0.15, 0.2) is 39.7 Å². The predicted molar refractivity (Wildman–Crippen MR) is 85.2 cm³/mol. The maximum atomic E-state index is 13.3. The summed E-state index contributed by atoms with van der Waals surface area (Å²) < 4.78 is 41.0. The van der Waals surface area contributed by atoms with E-state index in [4.69, 9.17) is 5.73 Å². The molecule has 0 heterocycles. The average Bonchev–Trinajstić information content (AvgIpc) is 2.38. The van der Waals surface area contributed by atoms with Crippen molar-refractivity contribution in [2.75, 3.05) is 10.5 Å². The second-order valence-corrected chi connectivity index (χ2v) is 7.21. The standard InChI is InChI=1S/C14H14BrFN2O2S/c1-8-3-4-10(16)6-14(8)21(19,20)18-13-7-12(17)9(2)5-11(13)15/h3-7,18H,17H2,1-2H3. The summed E-state index contributed by atoms with van der Waals surface area (Å²) in [5.74, 6) is -0.608. The van der Waals surface area contributed by atoms with Gasteiger partial charge in [0.05, 0.1) is 10.6 Å². The highest BCUT2D eigenvalue weighted by atomic mass is 79.9. The van der Waals surface area contributed by atoms with Crippen LogP contribution in [0.5, 0.6) is 0 Å². The third-order valence-corrected chi connectivity index (χ3v) is 5.20. The van der Waals surface area contributed by atoms with E-state index in [1.165, 1.54) is 18.2 Å². The third-order valence-electron chi connectivity index (χ3n) is 3.04. The predicted octanol–water partition coefficient (Wildman–Crippen LogP) is 3.59. The molecule has 0 spiro atoms. The van der Waals surface area contributed by atoms with Gasteiger partial charge in [0.25, 0.3) is 10.0 Å². The van der Waals surface area contributed by atoms with Crippen LogP contribution in [0, 0.1) is 19.7 Å². The lowest BCUT2D eigenvalue weighted by molar-refractivity contribution is 0.594. The number of halogens is 2. The zero-order valence-corrected chi connectivity index (χ0v) is 13.8. The van der Waals surface area contributed by atoms with E-state index in [-0.39, 0.29) is 4.90 Å². The number of nitrogens with two attached hydrogens (primary N) is 1. The van der Waals surface area contributed by atoms with Crippen LogP contribution >= 0.6 is 15.9 Å². The Morgan fingerprint density at radius 1 is 1.14 bits per heavy atom. The van der Waals surface area contributed by atoms with Crippen LogP contribution in [0.25, 0.3) is 0 Å². The Balaban J connectivity index is 2.47. The third kappa shape index (κ3) is 3.36. The average molecular weight is 373 g/mol. The Kier molecular flexibility index (Phi) is 4.25. The van der Waals surface area contributed by atoms with E-state index < -0.39 is 15.8 Å². The van der Waals surface area contributed by atoms with E-state index >= 15 is 0 Å². The van der Waals surface area contributed by atoms with E-state index in [9.17, 15) is 12.8 Å². The first-order valence-corrected chi connectivity index (χ1v) is 8.33. The number of benzene rings is 2. The lowest BCUT2D eigenvalue weighted by Gasteiger charge is -2.13. The molecule has 0 amide bonds. The van der Waals surface area contributed by atoms with Gasteiger partial charge in [-0.1, -0.05) is 6.07 Å². The Hall–Kier alpha value is -1.60. The van der Waals surface area contributed by atoms with Crippen molar-refractivity contribution in [3.63, 3.8) is 0 Å². The summed E-state index contributed by atoms with van der Waals surface area (Å²) in [5, 5.41) is 0. The number of nitrogen functional groups attached to an aromatic ring is 1. The largest absolute Gasteiger partial charge is 0.398 e. The maximum Gasteiger partial charge on any atom is 0.262 e. The van der Waals surface area contributed by atoms with Crippen molar-refractivity contribution in [1.29, 1.82) is 0 Å². The molecule has 0 fully saturated rings. The van der Waals surface area contributed by atoms with Gasteiger partial charge >= 0.3 is 0 Å². The smallest absolute Gasteiger partial charge is 0.262 e. The summed E-state index contributed by atoms with van der Waals surface area (Å²) in [6.45, 7) is 3.42. The van der Waals surface area contributed by atoms with Gasteiger partial charge in [-0.25, -0.2) is 12.8 Å². The molecule has 0 saturated heterocycles. The fourth-order valence-corrected chi connectivity index (χ4v) is 3.85. The van der Waals surface area contributed by atoms with Crippen molar-refractivity contribution in [3.8, 4) is 0 Å². The summed E-state index contributed by atoms with van der Waals surface area (Å²) in [6, 6.07) is 6.86. The Morgan fingerprint density at radius 2 is 1.81 bits per heavy atom. The summed E-state index contributed by atoms with van der Waals surface area (Å²) in [4.78, 5) is -0.103. The quantitative estimate of drug-likeness (QED) is 0.808. The first kappa shape index (κ1) is 15.8. The molecule has 2 aromatic rings. The monoisotopic (exact) mass is 372 g/mol. The number of hydrogen-bond acceptors (Lipinski definition) is 3. The van der Waals surface area contributed by atoms with Gasteiger partial charge in [0.1, 0.15) is 5.82 Å². The summed E-state index contributed by atoms with van der Waals surface area (Å²) in [5.41, 5.74) is 7.84. The number of hydrogen-bond donors (Lipinski definition) is 2. The minimum atomic E-state index is -3.89. The van der Waals surface area contributed by atoms with Crippen LogP contribution in [0.4, 0.5) is 15.8 Å². The molecular weight excluding hydrogens is 359 g/mol. The molecule has 21 heavy (non-hydrogen) atoms. The highest BCUT2D eigenvalue weighted by Gasteiger charge is 2.19. The zero-order valence-electron chi connectivity index (χ0n) is 11.4. The highest BCUT2D eigenvalue weighted by molar-refractivity contribution is 9.10. The molecule has 4 nitrogen and oxygen atoms in total. The number of anilines is 2. The lowest BCUT2D eigenvalue weighted by Crippen LogP contribution is -2.15. The van der Waals surface area contributed by atoms with Crippen LogP contribution in [-0.2, 0) is 10.0 Å². The Labute approximate surface area is 131 Å². The minimum absolute atomic E-state index is 0.103. The molecule has 2 rings (SSSR count). The van der Waals surface area contributed by atoms with Gasteiger partial charge in [-0.2, -0.15) is 0 Å². The topological polar surface area (TPSA) is 72.2 Å². The lowest BCUT2D eigenvalue weighted by atomic mass is 10.2. The van der Waals surface area contributed by atoms with Crippen molar-refractivity contribution in [1.82, 2.24) is 0 Å². The van der Waals surface area contributed by atoms with Crippen LogP contribution in [0.3, 0.4) is 0 Å². The number of rotatable bonds is 3. The van der Waals surface area contributed by atoms with Crippen LogP contribution in [-0.4, -0.2) is 8.42 Å². The van der Waals surface area contributed by atoms with Crippen molar-refractivity contribution < 1.29 is 12.8 Å². The Bertz CT molecular complexity index is 807. The minimum Gasteiger partial charge on any atom is -0.398 e. The van der Waals surface area contributed by atoms with Gasteiger partial charge in [-0.05, 0) is 65.2 Å². The fraction of sp³-hybridized carbons (Fsp3) is 0.143. The highest BCUT2D eigenvalue weighted by Crippen LogP contribution is 2.30. The number of sulfonamides is 1. The van der Waals surface area contributed by atoms with Crippen LogP contribution < -0.4 is 10.5 Å². The summed E-state index contributed by atoms with van der Waals surface area (Å²) >= 11 is 3.28. The maximum absolute atomic E-state index is 13.3. The SMILES string of the molecule is Cc1cc(Br)c(NS(=O)(=O)c2cc(F)ccc2C)cc1N. The molecule has 0 saturated carbocycles. The molecule has 2 aromatic carbocycles. The number of aryl methyl sites for hydroxylation is 2. The van der Waals surface area contributed by atoms with Gasteiger partial charge in [-0.3, -0.25) is 4.72 Å². The molecule has 0 aromatic heterocycles. The molecule has 0 aliphatic rings. The molecule has 0 atom stereocenters. The normalized spacial score (nSPS) is 11.4. The van der Waals surface area contributed by atoms with Gasteiger partial charge in [0, 0.05) is 10.2 Å². The molecule has 0 unspecified atom stereocenters. The van der Waals surface area contributed by atoms with Gasteiger partial charge < -0.3 is 5.73 Å². The van der Waals surface area contributed by atoms with E-state index in [2.05, 4.69) is 20.7 Å². The second kappa shape index (κ2) is 5.65. The van der Waals surface area contributed by atoms with Gasteiger partial charge in [0.2, 0.25) is 0 Å². The van der Waals surface area contributed by atoms with Crippen molar-refractivity contribution >= 4 is 37.3 Å². The van der Waals surface area contributed by atoms with Crippen molar-refractivity contribution in [2.45, 2.75) is 18.7 Å². The van der Waals surface area contributed by atoms with E-state index in [1.54, 1.807) is 13.0 Å². The summed E-state index contributed by atoms with van der Waals surface area (Å²) in [7, 11) is -3.89. The molecule has 3 N–H and O–H groups in total. The molecule has 0 bridgehead atoms. The van der Waals surface area contributed by atoms with Gasteiger partial charge in [0.15, 0.2) is 0 Å². The van der Waals surface area contributed by atoms with E-state index in [1.807, 2.05) is 6.92 Å². The number of nitrogens with one attached hydrogen (secondary N) is 1. The van der Waals surface area contributed by atoms with Crippen molar-refractivity contribution in [3.05, 3.63) is 51.7 Å². The van der Waals surface area contributed by atoms with Crippen molar-refractivity contribution in [2.24, 2.45) is 0 Å². The van der Waals surface area contributed by atoms with E-state index in [0.717, 1.165) is 11.6 Å². The molecule has 0 aliphatic heterocycles. The van der Waals surface area contributed by atoms with E-state index in [0.29, 0.717) is 21.4 Å². The fourth-order valence-electron chi connectivity index (χ4n) is 1.83. The van der Waals surface area contributed by atoms with Gasteiger partial charge in [-0.15, -0.1) is 0 Å². The molecule has 0 aliphatic carbocycles.